The van der Waals surface area contributed by atoms with Crippen molar-refractivity contribution in [3.8, 4) is 0 Å². The van der Waals surface area contributed by atoms with Gasteiger partial charge in [-0.25, -0.2) is 9.97 Å². The van der Waals surface area contributed by atoms with Crippen LogP contribution in [0.15, 0.2) is 0 Å². The van der Waals surface area contributed by atoms with E-state index in [0.29, 0.717) is 11.9 Å². The molecule has 2 N–H and O–H groups in total. The fraction of sp³-hybridized carbons (Fsp3) is 0.667. The minimum Gasteiger partial charge on any atom is -0.368 e. The van der Waals surface area contributed by atoms with Gasteiger partial charge < -0.3 is 5.73 Å². The Kier molecular flexibility index (Phi) is 4.06. The van der Waals surface area contributed by atoms with Crippen LogP contribution < -0.4 is 5.73 Å². The molecule has 0 atom stereocenters. The maximum atomic E-state index is 5.67. The van der Waals surface area contributed by atoms with Gasteiger partial charge in [0.1, 0.15) is 0 Å². The number of anilines is 1. The van der Waals surface area contributed by atoms with Crippen molar-refractivity contribution in [2.45, 2.75) is 47.0 Å². The lowest BCUT2D eigenvalue weighted by molar-refractivity contribution is 0.631. The van der Waals surface area contributed by atoms with E-state index in [1.165, 1.54) is 5.56 Å². The van der Waals surface area contributed by atoms with Gasteiger partial charge >= 0.3 is 0 Å². The number of nitrogen functional groups attached to an aromatic ring is 1. The molecule has 0 unspecified atom stereocenters. The molecule has 0 aromatic carbocycles. The molecule has 0 saturated heterocycles. The Hall–Kier alpha value is -1.12. The van der Waals surface area contributed by atoms with Gasteiger partial charge in [0, 0.05) is 11.4 Å². The molecule has 1 heterocycles. The lowest BCUT2D eigenvalue weighted by atomic mass is 9.98. The van der Waals surface area contributed by atoms with Gasteiger partial charge in [0.25, 0.3) is 0 Å². The highest BCUT2D eigenvalue weighted by atomic mass is 15.0. The van der Waals surface area contributed by atoms with Crippen LogP contribution in [0.1, 0.15) is 44.1 Å². The summed E-state index contributed by atoms with van der Waals surface area (Å²) in [5.74, 6) is 1.04. The van der Waals surface area contributed by atoms with Crippen LogP contribution in [0.2, 0.25) is 0 Å². The van der Waals surface area contributed by atoms with Crippen molar-refractivity contribution in [2.75, 3.05) is 5.73 Å². The number of hydrogen-bond donors (Lipinski definition) is 1. The Balaban J connectivity index is 3.08. The smallest absolute Gasteiger partial charge is 0.220 e. The first-order valence-electron chi connectivity index (χ1n) is 5.66. The second-order valence-corrected chi connectivity index (χ2v) is 4.44. The van der Waals surface area contributed by atoms with Gasteiger partial charge in [0.2, 0.25) is 5.95 Å². The topological polar surface area (TPSA) is 51.8 Å². The van der Waals surface area contributed by atoms with E-state index in [4.69, 9.17) is 5.73 Å². The molecule has 0 saturated carbocycles. The van der Waals surface area contributed by atoms with Crippen LogP contribution in [-0.2, 0) is 12.8 Å². The largest absolute Gasteiger partial charge is 0.368 e. The lowest BCUT2D eigenvalue weighted by Gasteiger charge is -2.13. The fourth-order valence-corrected chi connectivity index (χ4v) is 1.80. The normalized spacial score (nSPS) is 11.0. The van der Waals surface area contributed by atoms with Crippen molar-refractivity contribution >= 4 is 5.95 Å². The average Bonchev–Trinajstić information content (AvgIpc) is 2.11. The van der Waals surface area contributed by atoms with Crippen LogP contribution in [0.25, 0.3) is 0 Å². The van der Waals surface area contributed by atoms with Gasteiger partial charge in [-0.1, -0.05) is 27.2 Å². The summed E-state index contributed by atoms with van der Waals surface area (Å²) >= 11 is 0. The Labute approximate surface area is 92.1 Å². The summed E-state index contributed by atoms with van der Waals surface area (Å²) in [5.41, 5.74) is 9.14. The van der Waals surface area contributed by atoms with Crippen LogP contribution in [0, 0.1) is 12.8 Å². The molecule has 0 aliphatic heterocycles. The summed E-state index contributed by atoms with van der Waals surface area (Å²) < 4.78 is 0. The second-order valence-electron chi connectivity index (χ2n) is 4.44. The zero-order valence-corrected chi connectivity index (χ0v) is 10.2. The Morgan fingerprint density at radius 1 is 1.27 bits per heavy atom. The van der Waals surface area contributed by atoms with Gasteiger partial charge in [-0.15, -0.1) is 0 Å². The molecule has 1 aromatic heterocycles. The van der Waals surface area contributed by atoms with Crippen LogP contribution in [0.5, 0.6) is 0 Å². The van der Waals surface area contributed by atoms with Gasteiger partial charge in [0.15, 0.2) is 0 Å². The summed E-state index contributed by atoms with van der Waals surface area (Å²) in [6.45, 7) is 8.61. The molecule has 1 aromatic rings. The van der Waals surface area contributed by atoms with Crippen molar-refractivity contribution in [3.05, 3.63) is 17.0 Å². The van der Waals surface area contributed by atoms with Crippen molar-refractivity contribution in [2.24, 2.45) is 5.92 Å². The van der Waals surface area contributed by atoms with Crippen LogP contribution in [0.4, 0.5) is 5.95 Å². The molecular formula is C12H21N3. The van der Waals surface area contributed by atoms with Crippen molar-refractivity contribution in [3.63, 3.8) is 0 Å². The van der Waals surface area contributed by atoms with E-state index < -0.39 is 0 Å². The molecule has 15 heavy (non-hydrogen) atoms. The molecule has 0 bridgehead atoms. The summed E-state index contributed by atoms with van der Waals surface area (Å²) in [4.78, 5) is 8.58. The molecule has 0 fully saturated rings. The number of aromatic nitrogens is 2. The van der Waals surface area contributed by atoms with Gasteiger partial charge in [-0.05, 0) is 31.2 Å². The highest BCUT2D eigenvalue weighted by molar-refractivity contribution is 5.31. The molecule has 0 radical (unpaired) electrons. The van der Waals surface area contributed by atoms with E-state index >= 15 is 0 Å². The Morgan fingerprint density at radius 3 is 2.47 bits per heavy atom. The first-order valence-corrected chi connectivity index (χ1v) is 5.66. The van der Waals surface area contributed by atoms with E-state index in [1.54, 1.807) is 0 Å². The molecule has 3 nitrogen and oxygen atoms in total. The monoisotopic (exact) mass is 207 g/mol. The summed E-state index contributed by atoms with van der Waals surface area (Å²) in [6, 6.07) is 0. The molecule has 1 rings (SSSR count). The van der Waals surface area contributed by atoms with E-state index in [0.717, 1.165) is 30.7 Å². The highest BCUT2D eigenvalue weighted by Crippen LogP contribution is 2.17. The van der Waals surface area contributed by atoms with Crippen LogP contribution in [-0.4, -0.2) is 9.97 Å². The first-order chi connectivity index (χ1) is 7.04. The van der Waals surface area contributed by atoms with E-state index in [1.807, 2.05) is 6.92 Å². The predicted octanol–water partition coefficient (Wildman–Crippen LogP) is 2.52. The third-order valence-corrected chi connectivity index (χ3v) is 2.42. The van der Waals surface area contributed by atoms with E-state index in [2.05, 4.69) is 30.7 Å². The molecule has 3 heteroatoms. The first kappa shape index (κ1) is 12.0. The third kappa shape index (κ3) is 3.18. The third-order valence-electron chi connectivity index (χ3n) is 2.42. The predicted molar refractivity (Wildman–Crippen MR) is 63.7 cm³/mol. The van der Waals surface area contributed by atoms with Gasteiger partial charge in [-0.3, -0.25) is 0 Å². The maximum absolute atomic E-state index is 5.67. The Morgan fingerprint density at radius 2 is 1.93 bits per heavy atom. The molecule has 0 aliphatic carbocycles. The van der Waals surface area contributed by atoms with Crippen LogP contribution in [0.3, 0.4) is 0 Å². The molecule has 84 valence electrons. The minimum absolute atomic E-state index is 0.406. The number of nitrogens with two attached hydrogens (primary N) is 1. The number of rotatable bonds is 4. The second kappa shape index (κ2) is 5.10. The standard InChI is InChI=1S/C12H21N3/c1-5-6-11-10(7-8(2)3)9(4)14-12(13)15-11/h8H,5-7H2,1-4H3,(H2,13,14,15). The summed E-state index contributed by atoms with van der Waals surface area (Å²) in [5, 5.41) is 0. The summed E-state index contributed by atoms with van der Waals surface area (Å²) in [7, 11) is 0. The fourth-order valence-electron chi connectivity index (χ4n) is 1.80. The van der Waals surface area contributed by atoms with E-state index in [-0.39, 0.29) is 0 Å². The Bertz CT molecular complexity index is 332. The molecule has 0 aliphatic rings. The quantitative estimate of drug-likeness (QED) is 0.825. The van der Waals surface area contributed by atoms with E-state index in [9.17, 15) is 0 Å². The van der Waals surface area contributed by atoms with Crippen molar-refractivity contribution in [1.29, 1.82) is 0 Å². The number of aryl methyl sites for hydroxylation is 2. The zero-order chi connectivity index (χ0) is 11.4. The van der Waals surface area contributed by atoms with Crippen molar-refractivity contribution in [1.82, 2.24) is 9.97 Å². The molecule has 0 spiro atoms. The number of nitrogens with zero attached hydrogens (tertiary/aromatic N) is 2. The van der Waals surface area contributed by atoms with Crippen LogP contribution >= 0.6 is 0 Å². The molecule has 0 amide bonds. The van der Waals surface area contributed by atoms with Gasteiger partial charge in [-0.2, -0.15) is 0 Å². The zero-order valence-electron chi connectivity index (χ0n) is 10.2. The lowest BCUT2D eigenvalue weighted by Crippen LogP contribution is -2.09. The van der Waals surface area contributed by atoms with Crippen molar-refractivity contribution < 1.29 is 0 Å². The minimum atomic E-state index is 0.406. The number of hydrogen-bond acceptors (Lipinski definition) is 3. The average molecular weight is 207 g/mol. The SMILES string of the molecule is CCCc1nc(N)nc(C)c1CC(C)C. The summed E-state index contributed by atoms with van der Waals surface area (Å²) in [6.07, 6.45) is 3.14. The van der Waals surface area contributed by atoms with Gasteiger partial charge in [0.05, 0.1) is 0 Å². The molecular weight excluding hydrogens is 186 g/mol. The maximum Gasteiger partial charge on any atom is 0.220 e. The highest BCUT2D eigenvalue weighted by Gasteiger charge is 2.11.